The van der Waals surface area contributed by atoms with Gasteiger partial charge in [0.25, 0.3) is 0 Å². The lowest BCUT2D eigenvalue weighted by Crippen LogP contribution is -2.34. The van der Waals surface area contributed by atoms with Gasteiger partial charge >= 0.3 is 0 Å². The molecule has 1 aromatic carbocycles. The Hall–Kier alpha value is -0.910. The molecule has 1 aromatic rings. The van der Waals surface area contributed by atoms with Gasteiger partial charge in [0.15, 0.2) is 0 Å². The monoisotopic (exact) mass is 268 g/mol. The van der Waals surface area contributed by atoms with E-state index >= 15 is 0 Å². The molecule has 2 rings (SSSR count). The number of sulfonamides is 1. The summed E-state index contributed by atoms with van der Waals surface area (Å²) in [5.74, 6) is 0. The van der Waals surface area contributed by atoms with Crippen molar-refractivity contribution in [1.82, 2.24) is 10.0 Å². The lowest BCUT2D eigenvalue weighted by molar-refractivity contribution is 0.468. The van der Waals surface area contributed by atoms with E-state index in [0.29, 0.717) is 11.4 Å². The van der Waals surface area contributed by atoms with Crippen LogP contribution < -0.4 is 10.0 Å². The van der Waals surface area contributed by atoms with Crippen molar-refractivity contribution in [3.8, 4) is 0 Å². The second-order valence-corrected chi connectivity index (χ2v) is 6.93. The topological polar surface area (TPSA) is 58.2 Å². The van der Waals surface area contributed by atoms with Crippen molar-refractivity contribution in [1.29, 1.82) is 0 Å². The number of nitrogens with one attached hydrogen (secondary N) is 2. The van der Waals surface area contributed by atoms with E-state index in [0.717, 1.165) is 24.9 Å². The Morgan fingerprint density at radius 2 is 1.78 bits per heavy atom. The first-order valence-electron chi connectivity index (χ1n) is 6.18. The Kier molecular flexibility index (Phi) is 3.75. The molecule has 0 unspecified atom stereocenters. The summed E-state index contributed by atoms with van der Waals surface area (Å²) in [6.45, 7) is 3.32. The molecule has 1 fully saturated rings. The highest BCUT2D eigenvalue weighted by molar-refractivity contribution is 7.89. The van der Waals surface area contributed by atoms with Gasteiger partial charge in [-0.2, -0.15) is 0 Å². The number of hydrogen-bond donors (Lipinski definition) is 2. The van der Waals surface area contributed by atoms with Crippen molar-refractivity contribution < 1.29 is 8.42 Å². The van der Waals surface area contributed by atoms with Gasteiger partial charge in [0, 0.05) is 13.1 Å². The standard InChI is InChI=1S/C13H20N2O2S/c1-11-3-5-12(6-4-11)18(16,17)15-10-13(7-8-13)9-14-2/h3-6,14-15H,7-10H2,1-2H3. The highest BCUT2D eigenvalue weighted by Gasteiger charge is 2.42. The predicted molar refractivity (Wildman–Crippen MR) is 72.0 cm³/mol. The zero-order valence-corrected chi connectivity index (χ0v) is 11.7. The van der Waals surface area contributed by atoms with E-state index in [9.17, 15) is 8.42 Å². The van der Waals surface area contributed by atoms with E-state index in [1.165, 1.54) is 0 Å². The smallest absolute Gasteiger partial charge is 0.240 e. The molecule has 0 aliphatic heterocycles. The third-order valence-corrected chi connectivity index (χ3v) is 4.89. The van der Waals surface area contributed by atoms with Gasteiger partial charge in [0.1, 0.15) is 0 Å². The van der Waals surface area contributed by atoms with Crippen molar-refractivity contribution in [2.45, 2.75) is 24.7 Å². The molecule has 1 aliphatic carbocycles. The van der Waals surface area contributed by atoms with Crippen LogP contribution in [0.2, 0.25) is 0 Å². The van der Waals surface area contributed by atoms with Crippen LogP contribution in [0.3, 0.4) is 0 Å². The summed E-state index contributed by atoms with van der Waals surface area (Å²) in [4.78, 5) is 0.341. The molecule has 100 valence electrons. The molecule has 0 spiro atoms. The van der Waals surface area contributed by atoms with Gasteiger partial charge in [-0.3, -0.25) is 0 Å². The summed E-state index contributed by atoms with van der Waals surface area (Å²) in [5, 5.41) is 3.12. The Labute approximate surface area is 109 Å². The molecular formula is C13H20N2O2S. The van der Waals surface area contributed by atoms with Gasteiger partial charge < -0.3 is 5.32 Å². The summed E-state index contributed by atoms with van der Waals surface area (Å²) in [6, 6.07) is 6.93. The molecule has 0 amide bonds. The average Bonchev–Trinajstić information content (AvgIpc) is 3.08. The van der Waals surface area contributed by atoms with Crippen LogP contribution >= 0.6 is 0 Å². The van der Waals surface area contributed by atoms with Crippen molar-refractivity contribution in [2.24, 2.45) is 5.41 Å². The lowest BCUT2D eigenvalue weighted by atomic mass is 10.1. The second-order valence-electron chi connectivity index (χ2n) is 5.17. The molecule has 0 aromatic heterocycles. The SMILES string of the molecule is CNCC1(CNS(=O)(=O)c2ccc(C)cc2)CC1. The van der Waals surface area contributed by atoms with Crippen molar-refractivity contribution in [3.05, 3.63) is 29.8 Å². The third kappa shape index (κ3) is 3.10. The summed E-state index contributed by atoms with van der Waals surface area (Å²) < 4.78 is 26.9. The summed E-state index contributed by atoms with van der Waals surface area (Å²) in [6.07, 6.45) is 2.18. The number of hydrogen-bond acceptors (Lipinski definition) is 3. The molecule has 4 nitrogen and oxygen atoms in total. The fourth-order valence-electron chi connectivity index (χ4n) is 2.02. The Bertz CT molecular complexity index is 504. The highest BCUT2D eigenvalue weighted by atomic mass is 32.2. The van der Waals surface area contributed by atoms with Crippen molar-refractivity contribution >= 4 is 10.0 Å². The van der Waals surface area contributed by atoms with Gasteiger partial charge in [-0.1, -0.05) is 17.7 Å². The van der Waals surface area contributed by atoms with Gasteiger partial charge in [-0.15, -0.1) is 0 Å². The van der Waals surface area contributed by atoms with Crippen LogP contribution in [0.5, 0.6) is 0 Å². The first-order valence-corrected chi connectivity index (χ1v) is 7.67. The number of aryl methyl sites for hydroxylation is 1. The van der Waals surface area contributed by atoms with Crippen molar-refractivity contribution in [3.63, 3.8) is 0 Å². The Morgan fingerprint density at radius 3 is 2.28 bits per heavy atom. The molecule has 2 N–H and O–H groups in total. The molecule has 0 bridgehead atoms. The summed E-state index contributed by atoms with van der Waals surface area (Å²) >= 11 is 0. The first-order chi connectivity index (χ1) is 8.47. The van der Waals surface area contributed by atoms with E-state index in [4.69, 9.17) is 0 Å². The summed E-state index contributed by atoms with van der Waals surface area (Å²) in [7, 11) is -1.47. The minimum Gasteiger partial charge on any atom is -0.319 e. The maximum Gasteiger partial charge on any atom is 0.240 e. The van der Waals surface area contributed by atoms with E-state index in [1.807, 2.05) is 26.1 Å². The molecule has 18 heavy (non-hydrogen) atoms. The number of benzene rings is 1. The van der Waals surface area contributed by atoms with Gasteiger partial charge in [-0.25, -0.2) is 13.1 Å². The van der Waals surface area contributed by atoms with Crippen LogP contribution in [0.4, 0.5) is 0 Å². The van der Waals surface area contributed by atoms with Crippen LogP contribution in [0.25, 0.3) is 0 Å². The van der Waals surface area contributed by atoms with Crippen LogP contribution in [-0.4, -0.2) is 28.6 Å². The molecule has 5 heteroatoms. The first kappa shape index (κ1) is 13.5. The molecule has 0 heterocycles. The van der Waals surface area contributed by atoms with Gasteiger partial charge in [0.05, 0.1) is 4.90 Å². The van der Waals surface area contributed by atoms with Gasteiger partial charge in [-0.05, 0) is 44.4 Å². The van der Waals surface area contributed by atoms with Gasteiger partial charge in [0.2, 0.25) is 10.0 Å². The third-order valence-electron chi connectivity index (χ3n) is 3.48. The van der Waals surface area contributed by atoms with E-state index < -0.39 is 10.0 Å². The minimum atomic E-state index is -3.37. The zero-order chi connectivity index (χ0) is 13.2. The van der Waals surface area contributed by atoms with E-state index in [1.54, 1.807) is 12.1 Å². The highest BCUT2D eigenvalue weighted by Crippen LogP contribution is 2.44. The maximum absolute atomic E-state index is 12.1. The van der Waals surface area contributed by atoms with Crippen LogP contribution in [0.15, 0.2) is 29.2 Å². The quantitative estimate of drug-likeness (QED) is 0.817. The Morgan fingerprint density at radius 1 is 1.17 bits per heavy atom. The van der Waals surface area contributed by atoms with Crippen LogP contribution in [0, 0.1) is 12.3 Å². The van der Waals surface area contributed by atoms with Crippen molar-refractivity contribution in [2.75, 3.05) is 20.1 Å². The van der Waals surface area contributed by atoms with Crippen LogP contribution in [0.1, 0.15) is 18.4 Å². The second kappa shape index (κ2) is 4.99. The maximum atomic E-state index is 12.1. The molecule has 0 radical (unpaired) electrons. The molecule has 0 saturated heterocycles. The Balaban J connectivity index is 2.02. The lowest BCUT2D eigenvalue weighted by Gasteiger charge is -2.15. The molecule has 0 atom stereocenters. The fraction of sp³-hybridized carbons (Fsp3) is 0.538. The zero-order valence-electron chi connectivity index (χ0n) is 10.9. The van der Waals surface area contributed by atoms with E-state index in [-0.39, 0.29) is 5.41 Å². The molecular weight excluding hydrogens is 248 g/mol. The summed E-state index contributed by atoms with van der Waals surface area (Å²) in [5.41, 5.74) is 1.19. The molecule has 1 aliphatic rings. The van der Waals surface area contributed by atoms with Crippen LogP contribution in [-0.2, 0) is 10.0 Å². The minimum absolute atomic E-state index is 0.131. The van der Waals surface area contributed by atoms with E-state index in [2.05, 4.69) is 10.0 Å². The number of rotatable bonds is 6. The largest absolute Gasteiger partial charge is 0.319 e. The predicted octanol–water partition coefficient (Wildman–Crippen LogP) is 1.27. The normalized spacial score (nSPS) is 17.7. The average molecular weight is 268 g/mol. The molecule has 1 saturated carbocycles. The fourth-order valence-corrected chi connectivity index (χ4v) is 3.17.